The molecule has 3 rings (SSSR count). The third-order valence-electron chi connectivity index (χ3n) is 3.93. The van der Waals surface area contributed by atoms with Crippen LogP contribution in [0.25, 0.3) is 11.3 Å². The predicted molar refractivity (Wildman–Crippen MR) is 113 cm³/mol. The van der Waals surface area contributed by atoms with Crippen molar-refractivity contribution in [3.05, 3.63) is 70.9 Å². The molecule has 28 heavy (non-hydrogen) atoms. The number of methoxy groups -OCH3 is 2. The molecule has 0 saturated carbocycles. The van der Waals surface area contributed by atoms with Crippen LogP contribution in [0.15, 0.2) is 70.6 Å². The molecule has 0 atom stereocenters. The number of hydrogen-bond acceptors (Lipinski definition) is 6. The Morgan fingerprint density at radius 2 is 1.82 bits per heavy atom. The molecule has 7 heteroatoms. The molecule has 0 unspecified atom stereocenters. The number of thiazole rings is 1. The van der Waals surface area contributed by atoms with Crippen LogP contribution < -0.4 is 14.3 Å². The van der Waals surface area contributed by atoms with Gasteiger partial charge in [-0.05, 0) is 12.1 Å². The van der Waals surface area contributed by atoms with E-state index in [2.05, 4.69) is 16.7 Å². The van der Waals surface area contributed by atoms with Gasteiger partial charge in [0.15, 0.2) is 11.5 Å². The Balaban J connectivity index is 2.08. The minimum atomic E-state index is -0.0445. The number of nitrogens with zero attached hydrogens (tertiary/aromatic N) is 3. The van der Waals surface area contributed by atoms with E-state index in [0.717, 1.165) is 21.6 Å². The second-order valence-corrected chi connectivity index (χ2v) is 6.57. The fourth-order valence-corrected chi connectivity index (χ4v) is 3.43. The highest BCUT2D eigenvalue weighted by Gasteiger charge is 2.11. The predicted octanol–water partition coefficient (Wildman–Crippen LogP) is 3.91. The van der Waals surface area contributed by atoms with Gasteiger partial charge in [0, 0.05) is 16.5 Å². The number of aromatic nitrogens is 1. The van der Waals surface area contributed by atoms with Gasteiger partial charge in [0.2, 0.25) is 10.6 Å². The van der Waals surface area contributed by atoms with E-state index in [4.69, 9.17) is 9.47 Å². The van der Waals surface area contributed by atoms with Gasteiger partial charge in [0.05, 0.1) is 32.7 Å². The molecule has 1 N–H and O–H groups in total. The fourth-order valence-electron chi connectivity index (χ4n) is 2.58. The fraction of sp³-hybridized carbons (Fsp3) is 0.143. The number of rotatable bonds is 7. The van der Waals surface area contributed by atoms with E-state index in [1.165, 1.54) is 25.6 Å². The van der Waals surface area contributed by atoms with Gasteiger partial charge in [-0.15, -0.1) is 17.9 Å². The number of benzene rings is 2. The number of hydrogen-bond donors (Lipinski definition) is 1. The molecule has 0 amide bonds. The minimum Gasteiger partial charge on any atom is -0.502 e. The van der Waals surface area contributed by atoms with Gasteiger partial charge in [-0.1, -0.05) is 36.4 Å². The average molecular weight is 395 g/mol. The molecule has 0 aliphatic rings. The maximum absolute atomic E-state index is 10.1. The second-order valence-electron chi connectivity index (χ2n) is 5.73. The van der Waals surface area contributed by atoms with Crippen LogP contribution in [0, 0.1) is 0 Å². The van der Waals surface area contributed by atoms with E-state index >= 15 is 0 Å². The van der Waals surface area contributed by atoms with Crippen LogP contribution in [0.2, 0.25) is 0 Å². The summed E-state index contributed by atoms with van der Waals surface area (Å²) in [7, 11) is 2.98. The Bertz CT molecular complexity index is 1030. The van der Waals surface area contributed by atoms with Crippen LogP contribution in [0.3, 0.4) is 0 Å². The lowest BCUT2D eigenvalue weighted by Gasteiger charge is -2.09. The third kappa shape index (κ3) is 4.15. The molecule has 3 aromatic rings. The molecule has 0 saturated heterocycles. The first-order valence-corrected chi connectivity index (χ1v) is 9.42. The molecule has 2 aromatic carbocycles. The smallest absolute Gasteiger partial charge is 0.206 e. The number of aromatic hydroxyl groups is 1. The van der Waals surface area contributed by atoms with Gasteiger partial charge in [0.1, 0.15) is 0 Å². The number of phenolic OH excluding ortho intramolecular Hbond substituents is 1. The first-order chi connectivity index (χ1) is 13.7. The van der Waals surface area contributed by atoms with Crippen molar-refractivity contribution in [2.75, 3.05) is 20.8 Å². The summed E-state index contributed by atoms with van der Waals surface area (Å²) < 4.78 is 12.2. The van der Waals surface area contributed by atoms with E-state index in [9.17, 15) is 5.11 Å². The largest absolute Gasteiger partial charge is 0.502 e. The van der Waals surface area contributed by atoms with Crippen molar-refractivity contribution in [1.82, 2.24) is 4.68 Å². The molecular formula is C21H21N3O3S. The summed E-state index contributed by atoms with van der Waals surface area (Å²) in [5.74, 6) is 0.587. The van der Waals surface area contributed by atoms with E-state index in [1.54, 1.807) is 29.1 Å². The SMILES string of the molecule is C=CCN=c1scc(-c2ccccc2)n1N=Cc1cc(OC)c(O)c(OC)c1. The zero-order chi connectivity index (χ0) is 19.9. The minimum absolute atomic E-state index is 0.0445. The maximum atomic E-state index is 10.1. The van der Waals surface area contributed by atoms with Crippen molar-refractivity contribution >= 4 is 17.6 Å². The van der Waals surface area contributed by atoms with Gasteiger partial charge in [-0.3, -0.25) is 4.99 Å². The highest BCUT2D eigenvalue weighted by atomic mass is 32.1. The van der Waals surface area contributed by atoms with Crippen molar-refractivity contribution in [1.29, 1.82) is 0 Å². The van der Waals surface area contributed by atoms with Gasteiger partial charge in [-0.25, -0.2) is 4.68 Å². The third-order valence-corrected chi connectivity index (χ3v) is 4.79. The highest BCUT2D eigenvalue weighted by molar-refractivity contribution is 7.07. The second kappa shape index (κ2) is 9.05. The van der Waals surface area contributed by atoms with Crippen LogP contribution in [-0.4, -0.2) is 36.8 Å². The molecule has 0 bridgehead atoms. The summed E-state index contributed by atoms with van der Waals surface area (Å²) in [6.45, 7) is 4.23. The lowest BCUT2D eigenvalue weighted by molar-refractivity contribution is 0.340. The molecule has 0 aliphatic heterocycles. The Labute approximate surface area is 167 Å². The molecule has 6 nitrogen and oxygen atoms in total. The van der Waals surface area contributed by atoms with Crippen LogP contribution in [0.4, 0.5) is 0 Å². The number of phenols is 1. The number of ether oxygens (including phenoxy) is 2. The summed E-state index contributed by atoms with van der Waals surface area (Å²) in [5, 5.41) is 16.7. The lowest BCUT2D eigenvalue weighted by Crippen LogP contribution is -2.12. The van der Waals surface area contributed by atoms with Crippen molar-refractivity contribution in [2.24, 2.45) is 10.1 Å². The quantitative estimate of drug-likeness (QED) is 0.487. The van der Waals surface area contributed by atoms with Crippen molar-refractivity contribution in [3.8, 4) is 28.5 Å². The van der Waals surface area contributed by atoms with Crippen LogP contribution in [0.1, 0.15) is 5.56 Å². The normalized spacial score (nSPS) is 11.7. The molecule has 0 fully saturated rings. The Morgan fingerprint density at radius 1 is 1.14 bits per heavy atom. The van der Waals surface area contributed by atoms with Crippen molar-refractivity contribution in [3.63, 3.8) is 0 Å². The van der Waals surface area contributed by atoms with E-state index in [0.29, 0.717) is 18.0 Å². The molecule has 0 radical (unpaired) electrons. The zero-order valence-electron chi connectivity index (χ0n) is 15.7. The molecule has 1 heterocycles. The Hall–Kier alpha value is -3.32. The van der Waals surface area contributed by atoms with Gasteiger partial charge in [-0.2, -0.15) is 5.10 Å². The Morgan fingerprint density at radius 3 is 2.43 bits per heavy atom. The van der Waals surface area contributed by atoms with Gasteiger partial charge >= 0.3 is 0 Å². The monoisotopic (exact) mass is 395 g/mol. The maximum Gasteiger partial charge on any atom is 0.206 e. The van der Waals surface area contributed by atoms with Crippen LogP contribution >= 0.6 is 11.3 Å². The Kier molecular flexibility index (Phi) is 6.29. The van der Waals surface area contributed by atoms with Crippen LogP contribution in [0.5, 0.6) is 17.2 Å². The van der Waals surface area contributed by atoms with E-state index in [-0.39, 0.29) is 5.75 Å². The first kappa shape index (κ1) is 19.4. The summed E-state index contributed by atoms with van der Waals surface area (Å²) in [6, 6.07) is 13.4. The van der Waals surface area contributed by atoms with E-state index < -0.39 is 0 Å². The molecule has 0 aliphatic carbocycles. The van der Waals surface area contributed by atoms with Crippen molar-refractivity contribution in [2.45, 2.75) is 0 Å². The molecule has 144 valence electrons. The highest BCUT2D eigenvalue weighted by Crippen LogP contribution is 2.36. The lowest BCUT2D eigenvalue weighted by atomic mass is 10.2. The molecule has 0 spiro atoms. The van der Waals surface area contributed by atoms with E-state index in [1.807, 2.05) is 35.7 Å². The molecular weight excluding hydrogens is 374 g/mol. The standard InChI is InChI=1S/C21H21N3O3S/c1-4-10-22-21-24(17(14-28-21)16-8-6-5-7-9-16)23-13-15-11-18(26-2)20(25)19(12-15)27-3/h4-9,11-14,25H,1,10H2,2-3H3. The van der Waals surface area contributed by atoms with Gasteiger partial charge in [0.25, 0.3) is 0 Å². The van der Waals surface area contributed by atoms with Crippen molar-refractivity contribution < 1.29 is 14.6 Å². The summed E-state index contributed by atoms with van der Waals surface area (Å²) >= 11 is 1.51. The average Bonchev–Trinajstić information content (AvgIpc) is 3.14. The zero-order valence-corrected chi connectivity index (χ0v) is 16.5. The summed E-state index contributed by atoms with van der Waals surface area (Å²) in [4.78, 5) is 5.28. The topological polar surface area (TPSA) is 68.3 Å². The summed E-state index contributed by atoms with van der Waals surface area (Å²) in [6.07, 6.45) is 3.42. The van der Waals surface area contributed by atoms with Crippen LogP contribution in [-0.2, 0) is 0 Å². The molecule has 1 aromatic heterocycles. The first-order valence-electron chi connectivity index (χ1n) is 8.54. The van der Waals surface area contributed by atoms with Gasteiger partial charge < -0.3 is 14.6 Å². The summed E-state index contributed by atoms with van der Waals surface area (Å²) in [5.41, 5.74) is 2.69.